The molecular formula is C9H13N3OS. The van der Waals surface area contributed by atoms with Crippen LogP contribution in [-0.2, 0) is 0 Å². The number of amides is 1. The largest absolute Gasteiger partial charge is 0.347 e. The van der Waals surface area contributed by atoms with Crippen LogP contribution in [0.3, 0.4) is 0 Å². The summed E-state index contributed by atoms with van der Waals surface area (Å²) in [6.07, 6.45) is 2.65. The number of hydrogen-bond donors (Lipinski definition) is 2. The van der Waals surface area contributed by atoms with Crippen molar-refractivity contribution in [2.24, 2.45) is 0 Å². The van der Waals surface area contributed by atoms with Crippen LogP contribution < -0.4 is 10.6 Å². The highest BCUT2D eigenvalue weighted by molar-refractivity contribution is 7.13. The van der Waals surface area contributed by atoms with E-state index in [-0.39, 0.29) is 11.9 Å². The fraction of sp³-hybridized carbons (Fsp3) is 0.556. The number of nitrogens with one attached hydrogen (secondary N) is 2. The van der Waals surface area contributed by atoms with Gasteiger partial charge in [0.2, 0.25) is 0 Å². The summed E-state index contributed by atoms with van der Waals surface area (Å²) in [5, 5.41) is 7.12. The van der Waals surface area contributed by atoms with E-state index in [4.69, 9.17) is 0 Å². The van der Waals surface area contributed by atoms with E-state index in [9.17, 15) is 4.79 Å². The van der Waals surface area contributed by atoms with Crippen LogP contribution in [0.15, 0.2) is 6.20 Å². The fourth-order valence-corrected chi connectivity index (χ4v) is 2.18. The minimum Gasteiger partial charge on any atom is -0.347 e. The summed E-state index contributed by atoms with van der Waals surface area (Å²) in [5.74, 6) is 0.00398. The summed E-state index contributed by atoms with van der Waals surface area (Å²) in [6, 6.07) is 0.282. The molecule has 0 aromatic carbocycles. The topological polar surface area (TPSA) is 54.0 Å². The number of carbonyl (C=O) groups is 1. The van der Waals surface area contributed by atoms with E-state index in [0.717, 1.165) is 24.5 Å². The van der Waals surface area contributed by atoms with Crippen LogP contribution in [0.4, 0.5) is 0 Å². The van der Waals surface area contributed by atoms with Gasteiger partial charge in [0.15, 0.2) is 0 Å². The second-order valence-electron chi connectivity index (χ2n) is 3.41. The zero-order valence-electron chi connectivity index (χ0n) is 8.04. The highest BCUT2D eigenvalue weighted by Gasteiger charge is 2.18. The van der Waals surface area contributed by atoms with Crippen molar-refractivity contribution in [3.05, 3.63) is 16.1 Å². The molecule has 1 aromatic rings. The van der Waals surface area contributed by atoms with Gasteiger partial charge in [-0.3, -0.25) is 4.79 Å². The number of nitrogens with zero attached hydrogens (tertiary/aromatic N) is 1. The van der Waals surface area contributed by atoms with E-state index in [1.54, 1.807) is 6.20 Å². The van der Waals surface area contributed by atoms with Gasteiger partial charge in [-0.2, -0.15) is 0 Å². The van der Waals surface area contributed by atoms with Gasteiger partial charge in [-0.25, -0.2) is 4.98 Å². The van der Waals surface area contributed by atoms with E-state index in [1.807, 2.05) is 6.92 Å². The predicted octanol–water partition coefficient (Wildman–Crippen LogP) is 0.543. The molecule has 1 aromatic heterocycles. The molecule has 5 heteroatoms. The summed E-state index contributed by atoms with van der Waals surface area (Å²) in [4.78, 5) is 16.4. The van der Waals surface area contributed by atoms with Crippen molar-refractivity contribution in [3.63, 3.8) is 0 Å². The number of thiazole rings is 1. The smallest absolute Gasteiger partial charge is 0.263 e. The average molecular weight is 211 g/mol. The normalized spacial score (nSPS) is 21.1. The minimum atomic E-state index is 0.00398. The zero-order valence-corrected chi connectivity index (χ0v) is 8.86. The van der Waals surface area contributed by atoms with Gasteiger partial charge in [0.1, 0.15) is 4.88 Å². The van der Waals surface area contributed by atoms with Crippen molar-refractivity contribution in [2.75, 3.05) is 13.1 Å². The Bertz CT molecular complexity index is 331. The molecule has 0 bridgehead atoms. The van der Waals surface area contributed by atoms with Crippen molar-refractivity contribution in [1.29, 1.82) is 0 Å². The second-order valence-corrected chi connectivity index (χ2v) is 4.64. The maximum absolute atomic E-state index is 11.6. The number of rotatable bonds is 2. The number of aryl methyl sites for hydroxylation is 1. The molecule has 1 aliphatic heterocycles. The lowest BCUT2D eigenvalue weighted by atomic mass is 10.2. The van der Waals surface area contributed by atoms with Crippen LogP contribution in [0.5, 0.6) is 0 Å². The van der Waals surface area contributed by atoms with Crippen LogP contribution >= 0.6 is 11.3 Å². The molecule has 1 aliphatic rings. The molecule has 0 saturated carbocycles. The Balaban J connectivity index is 1.95. The fourth-order valence-electron chi connectivity index (χ4n) is 1.50. The van der Waals surface area contributed by atoms with Crippen molar-refractivity contribution < 1.29 is 4.79 Å². The Labute approximate surface area is 86.7 Å². The van der Waals surface area contributed by atoms with Gasteiger partial charge in [0.25, 0.3) is 5.91 Å². The Hall–Kier alpha value is -0.940. The van der Waals surface area contributed by atoms with E-state index in [2.05, 4.69) is 15.6 Å². The molecule has 1 saturated heterocycles. The third-order valence-electron chi connectivity index (χ3n) is 2.24. The molecule has 0 unspecified atom stereocenters. The van der Waals surface area contributed by atoms with Gasteiger partial charge >= 0.3 is 0 Å². The first kappa shape index (κ1) is 9.61. The summed E-state index contributed by atoms with van der Waals surface area (Å²) < 4.78 is 0. The molecule has 14 heavy (non-hydrogen) atoms. The van der Waals surface area contributed by atoms with Crippen LogP contribution in [0, 0.1) is 6.92 Å². The maximum Gasteiger partial charge on any atom is 0.263 e. The van der Waals surface area contributed by atoms with Crippen LogP contribution in [0.1, 0.15) is 21.1 Å². The Morgan fingerprint density at radius 2 is 2.64 bits per heavy atom. The Kier molecular flexibility index (Phi) is 2.79. The van der Waals surface area contributed by atoms with Gasteiger partial charge in [-0.1, -0.05) is 0 Å². The van der Waals surface area contributed by atoms with Gasteiger partial charge in [-0.05, 0) is 19.9 Å². The lowest BCUT2D eigenvalue weighted by Crippen LogP contribution is -2.35. The Morgan fingerprint density at radius 1 is 1.79 bits per heavy atom. The standard InChI is InChI=1S/C9H13N3OS/c1-6-11-5-8(14-6)9(13)12-7-2-3-10-4-7/h5,7,10H,2-4H2,1H3,(H,12,13)/t7-/m0/s1. The molecule has 76 valence electrons. The molecule has 0 spiro atoms. The van der Waals surface area contributed by atoms with Crippen LogP contribution in [0.2, 0.25) is 0 Å². The first-order chi connectivity index (χ1) is 6.75. The molecule has 0 radical (unpaired) electrons. The average Bonchev–Trinajstić information content (AvgIpc) is 2.75. The van der Waals surface area contributed by atoms with E-state index < -0.39 is 0 Å². The molecular weight excluding hydrogens is 198 g/mol. The molecule has 0 aliphatic carbocycles. The monoisotopic (exact) mass is 211 g/mol. The summed E-state index contributed by atoms with van der Waals surface area (Å²) in [6.45, 7) is 3.77. The molecule has 2 heterocycles. The molecule has 2 N–H and O–H groups in total. The Morgan fingerprint density at radius 3 is 3.21 bits per heavy atom. The number of aromatic nitrogens is 1. The summed E-state index contributed by atoms with van der Waals surface area (Å²) >= 11 is 1.44. The summed E-state index contributed by atoms with van der Waals surface area (Å²) in [5.41, 5.74) is 0. The first-order valence-electron chi connectivity index (χ1n) is 4.70. The molecule has 1 fully saturated rings. The van der Waals surface area contributed by atoms with Crippen molar-refractivity contribution in [3.8, 4) is 0 Å². The van der Waals surface area contributed by atoms with Crippen molar-refractivity contribution >= 4 is 17.2 Å². The molecule has 2 rings (SSSR count). The first-order valence-corrected chi connectivity index (χ1v) is 5.51. The quantitative estimate of drug-likeness (QED) is 0.751. The number of carbonyl (C=O) groups excluding carboxylic acids is 1. The van der Waals surface area contributed by atoms with E-state index in [1.165, 1.54) is 11.3 Å². The van der Waals surface area contributed by atoms with Gasteiger partial charge in [0.05, 0.1) is 11.2 Å². The van der Waals surface area contributed by atoms with Crippen molar-refractivity contribution in [2.45, 2.75) is 19.4 Å². The molecule has 1 amide bonds. The maximum atomic E-state index is 11.6. The van der Waals surface area contributed by atoms with Crippen molar-refractivity contribution in [1.82, 2.24) is 15.6 Å². The molecule has 1 atom stereocenters. The van der Waals surface area contributed by atoms with Crippen LogP contribution in [0.25, 0.3) is 0 Å². The SMILES string of the molecule is Cc1ncc(C(=O)N[C@H]2CCNC2)s1. The molecule has 4 nitrogen and oxygen atoms in total. The van der Waals surface area contributed by atoms with Gasteiger partial charge in [-0.15, -0.1) is 11.3 Å². The van der Waals surface area contributed by atoms with E-state index in [0.29, 0.717) is 4.88 Å². The predicted molar refractivity (Wildman–Crippen MR) is 55.6 cm³/mol. The highest BCUT2D eigenvalue weighted by Crippen LogP contribution is 2.11. The third-order valence-corrected chi connectivity index (χ3v) is 3.15. The zero-order chi connectivity index (χ0) is 9.97. The van der Waals surface area contributed by atoms with Gasteiger partial charge in [0, 0.05) is 12.6 Å². The number of hydrogen-bond acceptors (Lipinski definition) is 4. The third kappa shape index (κ3) is 2.10. The minimum absolute atomic E-state index is 0.00398. The van der Waals surface area contributed by atoms with E-state index >= 15 is 0 Å². The van der Waals surface area contributed by atoms with Crippen LogP contribution in [-0.4, -0.2) is 30.0 Å². The summed E-state index contributed by atoms with van der Waals surface area (Å²) in [7, 11) is 0. The lowest BCUT2D eigenvalue weighted by molar-refractivity contribution is 0.0944. The lowest BCUT2D eigenvalue weighted by Gasteiger charge is -2.09. The van der Waals surface area contributed by atoms with Gasteiger partial charge < -0.3 is 10.6 Å². The second kappa shape index (κ2) is 4.06. The highest BCUT2D eigenvalue weighted by atomic mass is 32.1.